The fraction of sp³-hybridized carbons (Fsp3) is 0.0800. The second-order valence-electron chi connectivity index (χ2n) is 6.92. The fourth-order valence-electron chi connectivity index (χ4n) is 3.09. The second-order valence-corrected chi connectivity index (χ2v) is 6.92. The van der Waals surface area contributed by atoms with Crippen LogP contribution in [-0.2, 0) is 9.53 Å². The number of carbonyl (C=O) groups excluding carboxylic acids is 2. The van der Waals surface area contributed by atoms with Gasteiger partial charge in [-0.2, -0.15) is 0 Å². The van der Waals surface area contributed by atoms with Gasteiger partial charge in [0, 0.05) is 5.56 Å². The summed E-state index contributed by atoms with van der Waals surface area (Å²) in [7, 11) is 0. The molecule has 0 fully saturated rings. The molecule has 0 aliphatic carbocycles. The van der Waals surface area contributed by atoms with E-state index in [9.17, 15) is 9.59 Å². The highest BCUT2D eigenvalue weighted by atomic mass is 16.6. The maximum Gasteiger partial charge on any atom is 0.363 e. The standard InChI is InChI=1S/C25H19NO4/c1-16-7-3-5-9-20(16)23-26-22(25(28)30-23)15-18-11-13-19(14-12-18)29-24(27)21-10-6-4-8-17(21)2/h3-15H,1-2H3/b22-15-. The highest BCUT2D eigenvalue weighted by molar-refractivity contribution is 6.13. The number of hydrogen-bond acceptors (Lipinski definition) is 5. The minimum atomic E-state index is -0.497. The molecule has 0 saturated carbocycles. The molecular weight excluding hydrogens is 378 g/mol. The van der Waals surface area contributed by atoms with Gasteiger partial charge in [-0.05, 0) is 60.9 Å². The molecule has 1 heterocycles. The van der Waals surface area contributed by atoms with Crippen LogP contribution in [0.4, 0.5) is 0 Å². The number of carbonyl (C=O) groups is 2. The van der Waals surface area contributed by atoms with Gasteiger partial charge >= 0.3 is 11.9 Å². The van der Waals surface area contributed by atoms with Gasteiger partial charge in [0.2, 0.25) is 5.90 Å². The van der Waals surface area contributed by atoms with E-state index in [4.69, 9.17) is 9.47 Å². The molecule has 0 saturated heterocycles. The van der Waals surface area contributed by atoms with Crippen molar-refractivity contribution in [3.8, 4) is 5.75 Å². The van der Waals surface area contributed by atoms with Crippen LogP contribution in [0.25, 0.3) is 6.08 Å². The lowest BCUT2D eigenvalue weighted by molar-refractivity contribution is -0.129. The van der Waals surface area contributed by atoms with Crippen molar-refractivity contribution < 1.29 is 19.1 Å². The molecule has 0 spiro atoms. The molecule has 3 aromatic rings. The van der Waals surface area contributed by atoms with Crippen LogP contribution in [0, 0.1) is 13.8 Å². The predicted molar refractivity (Wildman–Crippen MR) is 114 cm³/mol. The molecule has 0 N–H and O–H groups in total. The summed E-state index contributed by atoms with van der Waals surface area (Å²) in [5.41, 5.74) is 4.10. The molecule has 30 heavy (non-hydrogen) atoms. The smallest absolute Gasteiger partial charge is 0.363 e. The van der Waals surface area contributed by atoms with E-state index in [1.165, 1.54) is 0 Å². The SMILES string of the molecule is Cc1ccccc1C(=O)Oc1ccc(/C=C2\N=C(c3ccccc3C)OC2=O)cc1. The Morgan fingerprint density at radius 1 is 0.900 bits per heavy atom. The average Bonchev–Trinajstić information content (AvgIpc) is 3.10. The molecule has 3 aromatic carbocycles. The van der Waals surface area contributed by atoms with Crippen LogP contribution >= 0.6 is 0 Å². The summed E-state index contributed by atoms with van der Waals surface area (Å²) in [6.45, 7) is 3.79. The average molecular weight is 397 g/mol. The van der Waals surface area contributed by atoms with Gasteiger partial charge in [-0.25, -0.2) is 14.6 Å². The van der Waals surface area contributed by atoms with E-state index in [0.29, 0.717) is 17.2 Å². The third kappa shape index (κ3) is 4.05. The molecule has 0 amide bonds. The van der Waals surface area contributed by atoms with E-state index in [2.05, 4.69) is 4.99 Å². The van der Waals surface area contributed by atoms with E-state index in [0.717, 1.165) is 22.3 Å². The lowest BCUT2D eigenvalue weighted by Gasteiger charge is -2.06. The van der Waals surface area contributed by atoms with Crippen LogP contribution in [0.5, 0.6) is 5.75 Å². The number of ether oxygens (including phenoxy) is 2. The predicted octanol–water partition coefficient (Wildman–Crippen LogP) is 4.87. The molecule has 5 nitrogen and oxygen atoms in total. The zero-order valence-corrected chi connectivity index (χ0v) is 16.6. The van der Waals surface area contributed by atoms with Gasteiger partial charge in [-0.1, -0.05) is 48.5 Å². The fourth-order valence-corrected chi connectivity index (χ4v) is 3.09. The maximum absolute atomic E-state index is 12.3. The van der Waals surface area contributed by atoms with Crippen LogP contribution in [0.2, 0.25) is 0 Å². The Bertz CT molecular complexity index is 1190. The normalized spacial score (nSPS) is 14.4. The topological polar surface area (TPSA) is 65.0 Å². The van der Waals surface area contributed by atoms with E-state index in [1.54, 1.807) is 42.5 Å². The van der Waals surface area contributed by atoms with Crippen LogP contribution in [0.3, 0.4) is 0 Å². The molecule has 5 heteroatoms. The van der Waals surface area contributed by atoms with Gasteiger partial charge in [-0.3, -0.25) is 0 Å². The third-order valence-electron chi connectivity index (χ3n) is 4.75. The van der Waals surface area contributed by atoms with E-state index in [1.807, 2.05) is 50.2 Å². The van der Waals surface area contributed by atoms with Crippen molar-refractivity contribution >= 4 is 23.9 Å². The largest absolute Gasteiger partial charge is 0.423 e. The van der Waals surface area contributed by atoms with Gasteiger partial charge in [0.05, 0.1) is 5.56 Å². The molecule has 148 valence electrons. The summed E-state index contributed by atoms with van der Waals surface area (Å²) in [6, 6.07) is 21.7. The summed E-state index contributed by atoms with van der Waals surface area (Å²) in [5.74, 6) is -0.189. The highest BCUT2D eigenvalue weighted by Gasteiger charge is 2.24. The Hall–Kier alpha value is -3.99. The summed E-state index contributed by atoms with van der Waals surface area (Å²) in [6.07, 6.45) is 1.64. The molecular formula is C25H19NO4. The van der Waals surface area contributed by atoms with E-state index in [-0.39, 0.29) is 5.70 Å². The van der Waals surface area contributed by atoms with Crippen LogP contribution in [-0.4, -0.2) is 17.8 Å². The van der Waals surface area contributed by atoms with Crippen LogP contribution < -0.4 is 4.74 Å². The van der Waals surface area contributed by atoms with Gasteiger partial charge in [-0.15, -0.1) is 0 Å². The number of cyclic esters (lactones) is 1. The Morgan fingerprint density at radius 2 is 1.57 bits per heavy atom. The zero-order valence-electron chi connectivity index (χ0n) is 16.6. The van der Waals surface area contributed by atoms with Gasteiger partial charge in [0.15, 0.2) is 5.70 Å². The van der Waals surface area contributed by atoms with Crippen molar-refractivity contribution in [1.82, 2.24) is 0 Å². The molecule has 4 rings (SSSR count). The first-order valence-electron chi connectivity index (χ1n) is 9.48. The summed E-state index contributed by atoms with van der Waals surface area (Å²) in [5, 5.41) is 0. The molecule has 0 radical (unpaired) electrons. The van der Waals surface area contributed by atoms with Crippen molar-refractivity contribution in [1.29, 1.82) is 0 Å². The van der Waals surface area contributed by atoms with Gasteiger partial charge < -0.3 is 9.47 Å². The Kier molecular flexibility index (Phi) is 5.26. The van der Waals surface area contributed by atoms with Crippen molar-refractivity contribution in [2.45, 2.75) is 13.8 Å². The summed E-state index contributed by atoms with van der Waals surface area (Å²) >= 11 is 0. The number of benzene rings is 3. The lowest BCUT2D eigenvalue weighted by Crippen LogP contribution is -2.09. The summed E-state index contributed by atoms with van der Waals surface area (Å²) in [4.78, 5) is 28.9. The van der Waals surface area contributed by atoms with E-state index < -0.39 is 11.9 Å². The van der Waals surface area contributed by atoms with Gasteiger partial charge in [0.1, 0.15) is 5.75 Å². The Balaban J connectivity index is 1.51. The van der Waals surface area contributed by atoms with Crippen molar-refractivity contribution in [2.75, 3.05) is 0 Å². The summed E-state index contributed by atoms with van der Waals surface area (Å²) < 4.78 is 10.8. The minimum Gasteiger partial charge on any atom is -0.423 e. The number of nitrogens with zero attached hydrogens (tertiary/aromatic N) is 1. The van der Waals surface area contributed by atoms with Crippen LogP contribution in [0.15, 0.2) is 83.5 Å². The first-order valence-corrected chi connectivity index (χ1v) is 9.48. The Labute approximate surface area is 174 Å². The number of rotatable bonds is 4. The first-order chi connectivity index (χ1) is 14.5. The van der Waals surface area contributed by atoms with Crippen LogP contribution in [0.1, 0.15) is 32.6 Å². The first kappa shape index (κ1) is 19.3. The quantitative estimate of drug-likeness (QED) is 0.358. The third-order valence-corrected chi connectivity index (χ3v) is 4.75. The highest BCUT2D eigenvalue weighted by Crippen LogP contribution is 2.22. The van der Waals surface area contributed by atoms with E-state index >= 15 is 0 Å². The molecule has 0 atom stereocenters. The maximum atomic E-state index is 12.3. The van der Waals surface area contributed by atoms with Crippen molar-refractivity contribution in [3.05, 3.63) is 106 Å². The molecule has 0 unspecified atom stereocenters. The number of aliphatic imine (C=N–C) groups is 1. The van der Waals surface area contributed by atoms with Gasteiger partial charge in [0.25, 0.3) is 0 Å². The number of hydrogen-bond donors (Lipinski definition) is 0. The lowest BCUT2D eigenvalue weighted by atomic mass is 10.1. The monoisotopic (exact) mass is 397 g/mol. The zero-order chi connectivity index (χ0) is 21.1. The Morgan fingerprint density at radius 3 is 2.27 bits per heavy atom. The minimum absolute atomic E-state index is 0.220. The second kappa shape index (κ2) is 8.17. The van der Waals surface area contributed by atoms with Crippen molar-refractivity contribution in [2.24, 2.45) is 4.99 Å². The number of aryl methyl sites for hydroxylation is 2. The molecule has 0 aromatic heterocycles. The molecule has 1 aliphatic rings. The number of esters is 2. The molecule has 1 aliphatic heterocycles. The molecule has 0 bridgehead atoms. The van der Waals surface area contributed by atoms with Crippen molar-refractivity contribution in [3.63, 3.8) is 0 Å².